The van der Waals surface area contributed by atoms with E-state index >= 15 is 0 Å². The van der Waals surface area contributed by atoms with Gasteiger partial charge >= 0.3 is 5.97 Å². The second-order valence-electron chi connectivity index (χ2n) is 2.78. The summed E-state index contributed by atoms with van der Waals surface area (Å²) in [5, 5.41) is 24.5. The number of aliphatic hydroxyl groups excluding tert-OH is 2. The zero-order chi connectivity index (χ0) is 11.4. The van der Waals surface area contributed by atoms with Gasteiger partial charge in [-0.2, -0.15) is 0 Å². The summed E-state index contributed by atoms with van der Waals surface area (Å²) >= 11 is 0. The Hall–Kier alpha value is -0.870. The lowest BCUT2D eigenvalue weighted by molar-refractivity contribution is -0.132. The number of carboxylic acids is 1. The SMILES string of the molecule is CC=C(C)C(=O)O.OCCCCCO. The minimum Gasteiger partial charge on any atom is -0.478 e. The lowest BCUT2D eigenvalue weighted by Crippen LogP contribution is -1.93. The van der Waals surface area contributed by atoms with E-state index in [9.17, 15) is 4.79 Å². The number of unbranched alkanes of at least 4 members (excludes halogenated alkanes) is 2. The Balaban J connectivity index is 0. The minimum absolute atomic E-state index is 0.250. The van der Waals surface area contributed by atoms with E-state index in [1.807, 2.05) is 0 Å². The fraction of sp³-hybridized carbons (Fsp3) is 0.700. The number of carboxylic acid groups (broad SMARTS) is 1. The molecule has 0 bridgehead atoms. The number of hydrogen-bond donors (Lipinski definition) is 3. The molecule has 0 radical (unpaired) electrons. The molecule has 0 aromatic carbocycles. The fourth-order valence-electron chi connectivity index (χ4n) is 0.524. The Morgan fingerprint density at radius 2 is 1.57 bits per heavy atom. The normalized spacial score (nSPS) is 10.4. The van der Waals surface area contributed by atoms with E-state index < -0.39 is 5.97 Å². The molecular formula is C10H20O4. The number of allylic oxidation sites excluding steroid dienone is 1. The van der Waals surface area contributed by atoms with Gasteiger partial charge in [0, 0.05) is 18.8 Å². The summed E-state index contributed by atoms with van der Waals surface area (Å²) in [6, 6.07) is 0. The number of rotatable bonds is 5. The molecule has 0 atom stereocenters. The third-order valence-corrected chi connectivity index (χ3v) is 1.59. The summed E-state index contributed by atoms with van der Waals surface area (Å²) in [6.45, 7) is 3.76. The highest BCUT2D eigenvalue weighted by Gasteiger charge is 1.93. The van der Waals surface area contributed by atoms with E-state index in [0.29, 0.717) is 5.57 Å². The average Bonchev–Trinajstić information content (AvgIpc) is 2.18. The van der Waals surface area contributed by atoms with Gasteiger partial charge in [0.05, 0.1) is 0 Å². The van der Waals surface area contributed by atoms with E-state index in [2.05, 4.69) is 0 Å². The van der Waals surface area contributed by atoms with Crippen molar-refractivity contribution in [1.82, 2.24) is 0 Å². The molecule has 0 saturated heterocycles. The molecule has 3 N–H and O–H groups in total. The predicted octanol–water partition coefficient (Wildman–Crippen LogP) is 1.18. The third kappa shape index (κ3) is 13.7. The molecule has 0 saturated carbocycles. The molecule has 0 amide bonds. The van der Waals surface area contributed by atoms with Crippen molar-refractivity contribution < 1.29 is 20.1 Å². The average molecular weight is 204 g/mol. The summed E-state index contributed by atoms with van der Waals surface area (Å²) in [7, 11) is 0. The van der Waals surface area contributed by atoms with E-state index in [1.54, 1.807) is 19.9 Å². The summed E-state index contributed by atoms with van der Waals surface area (Å²) in [4.78, 5) is 9.86. The third-order valence-electron chi connectivity index (χ3n) is 1.59. The molecule has 0 heterocycles. The van der Waals surface area contributed by atoms with Crippen LogP contribution in [0.3, 0.4) is 0 Å². The van der Waals surface area contributed by atoms with Crippen LogP contribution in [0.2, 0.25) is 0 Å². The molecule has 0 aliphatic heterocycles. The van der Waals surface area contributed by atoms with Gasteiger partial charge in [0.1, 0.15) is 0 Å². The Bertz CT molecular complexity index is 160. The first-order valence-corrected chi connectivity index (χ1v) is 4.68. The van der Waals surface area contributed by atoms with Gasteiger partial charge in [-0.3, -0.25) is 0 Å². The maximum Gasteiger partial charge on any atom is 0.330 e. The van der Waals surface area contributed by atoms with Crippen molar-refractivity contribution >= 4 is 5.97 Å². The van der Waals surface area contributed by atoms with Crippen molar-refractivity contribution in [2.45, 2.75) is 33.1 Å². The number of carbonyl (C=O) groups is 1. The van der Waals surface area contributed by atoms with Gasteiger partial charge in [0.15, 0.2) is 0 Å². The molecule has 0 rings (SSSR count). The first-order chi connectivity index (χ1) is 6.59. The van der Waals surface area contributed by atoms with Gasteiger partial charge in [-0.1, -0.05) is 6.08 Å². The first-order valence-electron chi connectivity index (χ1n) is 4.68. The summed E-state index contributed by atoms with van der Waals surface area (Å²) in [6.07, 6.45) is 4.14. The minimum atomic E-state index is -0.845. The van der Waals surface area contributed by atoms with Crippen molar-refractivity contribution in [3.8, 4) is 0 Å². The fourth-order valence-corrected chi connectivity index (χ4v) is 0.524. The molecule has 0 aliphatic carbocycles. The van der Waals surface area contributed by atoms with Gasteiger partial charge in [-0.25, -0.2) is 4.79 Å². The Morgan fingerprint density at radius 3 is 1.71 bits per heavy atom. The Morgan fingerprint density at radius 1 is 1.14 bits per heavy atom. The standard InChI is InChI=1S/C5H8O2.C5H12O2/c1-3-4(2)5(6)7;6-4-2-1-3-5-7/h3H,1-2H3,(H,6,7);6-7H,1-5H2. The van der Waals surface area contributed by atoms with Crippen LogP contribution >= 0.6 is 0 Å². The largest absolute Gasteiger partial charge is 0.478 e. The van der Waals surface area contributed by atoms with Gasteiger partial charge in [0.2, 0.25) is 0 Å². The maximum atomic E-state index is 9.86. The smallest absolute Gasteiger partial charge is 0.330 e. The molecule has 14 heavy (non-hydrogen) atoms. The summed E-state index contributed by atoms with van der Waals surface area (Å²) < 4.78 is 0. The number of aliphatic carboxylic acids is 1. The molecule has 0 spiro atoms. The lowest BCUT2D eigenvalue weighted by atomic mass is 10.2. The van der Waals surface area contributed by atoms with Crippen LogP contribution in [0, 0.1) is 0 Å². The van der Waals surface area contributed by atoms with Crippen molar-refractivity contribution in [3.05, 3.63) is 11.6 Å². The monoisotopic (exact) mass is 204 g/mol. The molecule has 0 aromatic rings. The first kappa shape index (κ1) is 15.6. The number of aliphatic hydroxyl groups is 2. The summed E-state index contributed by atoms with van der Waals surface area (Å²) in [5.74, 6) is -0.845. The van der Waals surface area contributed by atoms with E-state index in [0.717, 1.165) is 19.3 Å². The molecule has 0 aliphatic rings. The highest BCUT2D eigenvalue weighted by Crippen LogP contribution is 1.90. The Labute approximate surface area is 84.9 Å². The molecule has 0 aromatic heterocycles. The van der Waals surface area contributed by atoms with Crippen LogP contribution in [-0.4, -0.2) is 34.5 Å². The van der Waals surface area contributed by atoms with Crippen LogP contribution in [0.25, 0.3) is 0 Å². The van der Waals surface area contributed by atoms with Crippen LogP contribution in [0.4, 0.5) is 0 Å². The molecular weight excluding hydrogens is 184 g/mol. The van der Waals surface area contributed by atoms with E-state index in [1.165, 1.54) is 0 Å². The number of hydrogen-bond acceptors (Lipinski definition) is 3. The molecule has 0 unspecified atom stereocenters. The van der Waals surface area contributed by atoms with Crippen LogP contribution in [0.1, 0.15) is 33.1 Å². The second kappa shape index (κ2) is 12.1. The quantitative estimate of drug-likeness (QED) is 0.464. The van der Waals surface area contributed by atoms with E-state index in [4.69, 9.17) is 15.3 Å². The second-order valence-corrected chi connectivity index (χ2v) is 2.78. The zero-order valence-electron chi connectivity index (χ0n) is 8.86. The van der Waals surface area contributed by atoms with Gasteiger partial charge < -0.3 is 15.3 Å². The van der Waals surface area contributed by atoms with Crippen molar-refractivity contribution in [2.24, 2.45) is 0 Å². The maximum absolute atomic E-state index is 9.86. The van der Waals surface area contributed by atoms with Crippen LogP contribution in [-0.2, 0) is 4.79 Å². The highest BCUT2D eigenvalue weighted by atomic mass is 16.4. The van der Waals surface area contributed by atoms with Gasteiger partial charge in [0.25, 0.3) is 0 Å². The van der Waals surface area contributed by atoms with Crippen LogP contribution in [0.15, 0.2) is 11.6 Å². The molecule has 84 valence electrons. The molecule has 4 nitrogen and oxygen atoms in total. The zero-order valence-corrected chi connectivity index (χ0v) is 8.86. The summed E-state index contributed by atoms with van der Waals surface area (Å²) in [5.41, 5.74) is 0.389. The lowest BCUT2D eigenvalue weighted by Gasteiger charge is -1.90. The van der Waals surface area contributed by atoms with Crippen molar-refractivity contribution in [1.29, 1.82) is 0 Å². The molecule has 4 heteroatoms. The Kier molecular flexibility index (Phi) is 13.5. The van der Waals surface area contributed by atoms with Crippen LogP contribution < -0.4 is 0 Å². The van der Waals surface area contributed by atoms with Gasteiger partial charge in [-0.15, -0.1) is 0 Å². The van der Waals surface area contributed by atoms with Crippen LogP contribution in [0.5, 0.6) is 0 Å². The van der Waals surface area contributed by atoms with Crippen molar-refractivity contribution in [2.75, 3.05) is 13.2 Å². The molecule has 0 fully saturated rings. The van der Waals surface area contributed by atoms with Gasteiger partial charge in [-0.05, 0) is 33.1 Å². The topological polar surface area (TPSA) is 77.8 Å². The highest BCUT2D eigenvalue weighted by molar-refractivity contribution is 5.85. The van der Waals surface area contributed by atoms with E-state index in [-0.39, 0.29) is 13.2 Å². The van der Waals surface area contributed by atoms with Crippen molar-refractivity contribution in [3.63, 3.8) is 0 Å². The predicted molar refractivity (Wildman–Crippen MR) is 55.1 cm³/mol.